The monoisotopic (exact) mass is 223 g/mol. The van der Waals surface area contributed by atoms with Crippen LogP contribution in [0.25, 0.3) is 11.1 Å². The Morgan fingerprint density at radius 3 is 3.25 bits per heavy atom. The van der Waals surface area contributed by atoms with Gasteiger partial charge in [-0.15, -0.1) is 0 Å². The molecule has 4 heteroatoms. The summed E-state index contributed by atoms with van der Waals surface area (Å²) in [4.78, 5) is 3.80. The van der Waals surface area contributed by atoms with Crippen LogP contribution in [-0.4, -0.2) is 4.98 Å². The third-order valence-corrected chi connectivity index (χ3v) is 1.93. The van der Waals surface area contributed by atoms with E-state index in [0.717, 1.165) is 4.47 Å². The molecule has 0 radical (unpaired) electrons. The number of nitrogens with zero attached hydrogens (tertiary/aromatic N) is 2. The van der Waals surface area contributed by atoms with Crippen LogP contribution in [0.2, 0.25) is 0 Å². The molecule has 1 heterocycles. The lowest BCUT2D eigenvalue weighted by molar-refractivity contribution is 0.601. The van der Waals surface area contributed by atoms with Gasteiger partial charge in [-0.2, -0.15) is 5.26 Å². The fourth-order valence-electron chi connectivity index (χ4n) is 0.970. The van der Waals surface area contributed by atoms with E-state index in [1.165, 1.54) is 0 Å². The molecule has 0 aliphatic rings. The molecule has 0 fully saturated rings. The average Bonchev–Trinajstić information content (AvgIpc) is 2.43. The average molecular weight is 224 g/mol. The quantitative estimate of drug-likeness (QED) is 0.690. The molecule has 2 rings (SSSR count). The highest BCUT2D eigenvalue weighted by atomic mass is 79.9. The topological polar surface area (TPSA) is 49.8 Å². The van der Waals surface area contributed by atoms with E-state index in [9.17, 15) is 0 Å². The second-order valence-corrected chi connectivity index (χ2v) is 3.13. The maximum atomic E-state index is 8.75. The largest absolute Gasteiger partial charge is 0.442 e. The summed E-state index contributed by atoms with van der Waals surface area (Å²) < 4.78 is 12.9. The lowest BCUT2D eigenvalue weighted by atomic mass is 10.2. The number of rotatable bonds is 0. The van der Waals surface area contributed by atoms with Crippen molar-refractivity contribution in [3.63, 3.8) is 0 Å². The van der Waals surface area contributed by atoms with Gasteiger partial charge < -0.3 is 4.42 Å². The molecule has 0 atom stereocenters. The summed E-state index contributed by atoms with van der Waals surface area (Å²) in [6, 6.07) is 5.32. The second-order valence-electron chi connectivity index (χ2n) is 2.22. The van der Waals surface area contributed by atoms with Crippen LogP contribution in [0, 0.1) is 11.3 Å². The van der Waals surface area contributed by atoms with Crippen LogP contribution in [0.4, 0.5) is 0 Å². The number of aromatic nitrogens is 1. The molecule has 0 saturated heterocycles. The molecule has 12 heavy (non-hydrogen) atoms. The first kappa shape index (κ1) is 6.21. The van der Waals surface area contributed by atoms with Gasteiger partial charge in [0.2, 0.25) is 0 Å². The molecule has 0 bridgehead atoms. The van der Waals surface area contributed by atoms with Gasteiger partial charge in [-0.05, 0) is 12.1 Å². The Morgan fingerprint density at radius 1 is 1.67 bits per heavy atom. The third-order valence-electron chi connectivity index (χ3n) is 1.47. The van der Waals surface area contributed by atoms with Gasteiger partial charge in [0.05, 0.1) is 5.56 Å². The molecular formula is C8H3BrN2O. The maximum Gasteiger partial charge on any atom is 0.182 e. The van der Waals surface area contributed by atoms with Crippen LogP contribution in [-0.2, 0) is 0 Å². The molecule has 0 amide bonds. The Morgan fingerprint density at radius 2 is 2.50 bits per heavy atom. The van der Waals surface area contributed by atoms with Crippen molar-refractivity contribution in [2.75, 3.05) is 0 Å². The van der Waals surface area contributed by atoms with Crippen LogP contribution in [0.15, 0.2) is 27.4 Å². The number of benzene rings is 1. The van der Waals surface area contributed by atoms with Gasteiger partial charge in [0, 0.05) is 4.47 Å². The van der Waals surface area contributed by atoms with E-state index >= 15 is 0 Å². The van der Waals surface area contributed by atoms with Gasteiger partial charge in [0.25, 0.3) is 0 Å². The van der Waals surface area contributed by atoms with Crippen molar-refractivity contribution in [3.8, 4) is 6.07 Å². The predicted molar refractivity (Wildman–Crippen MR) is 46.4 cm³/mol. The Balaban J connectivity index is 2.90. The van der Waals surface area contributed by atoms with E-state index < -0.39 is 0 Å². The summed E-state index contributed by atoms with van der Waals surface area (Å²) >= 11 is 3.24. The van der Waals surface area contributed by atoms with Crippen LogP contribution >= 0.6 is 15.9 Å². The molecule has 1 aromatic carbocycles. The summed E-state index contributed by atoms with van der Waals surface area (Å²) in [7, 11) is 0. The first-order chi connectivity index (χ1) is 6.20. The van der Waals surface area contributed by atoms with Crippen LogP contribution < -0.4 is 0 Å². The number of halogens is 1. The zero-order valence-corrected chi connectivity index (χ0v) is 7.42. The van der Waals surface area contributed by atoms with E-state index in [4.69, 9.17) is 11.0 Å². The Kier molecular flexibility index (Phi) is 1.35. The smallest absolute Gasteiger partial charge is 0.182 e. The highest BCUT2D eigenvalue weighted by molar-refractivity contribution is 9.10. The van der Waals surface area contributed by atoms with Gasteiger partial charge in [0.15, 0.2) is 12.0 Å². The number of oxazole rings is 1. The van der Waals surface area contributed by atoms with Crippen molar-refractivity contribution < 1.29 is 5.79 Å². The van der Waals surface area contributed by atoms with E-state index in [2.05, 4.69) is 20.9 Å². The van der Waals surface area contributed by atoms with Crippen LogP contribution in [0.5, 0.6) is 0 Å². The third kappa shape index (κ3) is 0.990. The highest BCUT2D eigenvalue weighted by Gasteiger charge is 2.05. The molecule has 0 spiro atoms. The van der Waals surface area contributed by atoms with Gasteiger partial charge in [-0.25, -0.2) is 4.98 Å². The van der Waals surface area contributed by atoms with Crippen molar-refractivity contribution in [2.45, 2.75) is 0 Å². The lowest BCUT2D eigenvalue weighted by Gasteiger charge is -1.91. The lowest BCUT2D eigenvalue weighted by Crippen LogP contribution is -1.76. The van der Waals surface area contributed by atoms with Crippen molar-refractivity contribution in [1.29, 1.82) is 5.26 Å². The van der Waals surface area contributed by atoms with E-state index in [1.807, 2.05) is 6.07 Å². The van der Waals surface area contributed by atoms with Gasteiger partial charge in [-0.3, -0.25) is 0 Å². The second kappa shape index (κ2) is 2.61. The first-order valence-electron chi connectivity index (χ1n) is 3.67. The van der Waals surface area contributed by atoms with E-state index in [-0.39, 0.29) is 6.37 Å². The molecule has 1 aromatic heterocycles. The van der Waals surface area contributed by atoms with Crippen molar-refractivity contribution in [1.82, 2.24) is 4.98 Å². The van der Waals surface area contributed by atoms with Gasteiger partial charge in [0.1, 0.15) is 13.0 Å². The molecule has 0 saturated carbocycles. The summed E-state index contributed by atoms with van der Waals surface area (Å²) in [6.45, 7) is 0. The first-order valence-corrected chi connectivity index (χ1v) is 3.97. The van der Waals surface area contributed by atoms with Crippen LogP contribution in [0.3, 0.4) is 0 Å². The number of nitriles is 1. The minimum absolute atomic E-state index is 0.176. The Hall–Kier alpha value is -1.34. The molecule has 3 nitrogen and oxygen atoms in total. The normalized spacial score (nSPS) is 11.2. The van der Waals surface area contributed by atoms with Crippen LogP contribution in [0.1, 0.15) is 6.93 Å². The fraction of sp³-hybridized carbons (Fsp3) is 0. The molecule has 0 aliphatic carbocycles. The molecule has 2 aromatic rings. The van der Waals surface area contributed by atoms with Gasteiger partial charge >= 0.3 is 0 Å². The van der Waals surface area contributed by atoms with Crippen molar-refractivity contribution >= 4 is 27.0 Å². The number of hydrogen-bond acceptors (Lipinski definition) is 3. The predicted octanol–water partition coefficient (Wildman–Crippen LogP) is 2.46. The highest BCUT2D eigenvalue weighted by Crippen LogP contribution is 2.22. The summed E-state index contributed by atoms with van der Waals surface area (Å²) in [5.74, 6) is 0. The standard InChI is InChI=1S/C8H3BrN2O/c9-6-1-5(3-10)8-7(2-6)11-4-12-8/h1-2,4H/i4D. The van der Waals surface area contributed by atoms with Crippen molar-refractivity contribution in [3.05, 3.63) is 28.5 Å². The summed E-state index contributed by atoms with van der Waals surface area (Å²) in [5.41, 5.74) is 1.28. The summed E-state index contributed by atoms with van der Waals surface area (Å²) in [6.07, 6.45) is -0.176. The van der Waals surface area contributed by atoms with Crippen molar-refractivity contribution in [2.24, 2.45) is 0 Å². The fourth-order valence-corrected chi connectivity index (χ4v) is 1.42. The zero-order valence-electron chi connectivity index (χ0n) is 6.84. The molecule has 0 N–H and O–H groups in total. The minimum Gasteiger partial charge on any atom is -0.442 e. The number of hydrogen-bond donors (Lipinski definition) is 0. The molecule has 0 aliphatic heterocycles. The van der Waals surface area contributed by atoms with E-state index in [0.29, 0.717) is 16.7 Å². The minimum atomic E-state index is -0.176. The van der Waals surface area contributed by atoms with E-state index in [1.54, 1.807) is 12.1 Å². The number of fused-ring (bicyclic) bond motifs is 1. The molecule has 58 valence electrons. The maximum absolute atomic E-state index is 8.75. The van der Waals surface area contributed by atoms with Gasteiger partial charge in [-0.1, -0.05) is 15.9 Å². The molecule has 0 unspecified atom stereocenters. The molecular weight excluding hydrogens is 220 g/mol. The summed E-state index contributed by atoms with van der Waals surface area (Å²) in [5, 5.41) is 8.75. The SMILES string of the molecule is [2H]c1nc2cc(Br)cc(C#N)c2o1. The Bertz CT molecular complexity index is 515. The zero-order chi connectivity index (χ0) is 9.42. The Labute approximate surface area is 78.2 Å².